The maximum absolute atomic E-state index is 5.54. The van der Waals surface area contributed by atoms with Gasteiger partial charge in [0, 0.05) is 25.3 Å². The van der Waals surface area contributed by atoms with E-state index in [9.17, 15) is 0 Å². The third-order valence-corrected chi connectivity index (χ3v) is 5.46. The van der Waals surface area contributed by atoms with Crippen molar-refractivity contribution in [2.24, 2.45) is 0 Å². The summed E-state index contributed by atoms with van der Waals surface area (Å²) in [5.41, 5.74) is 4.70. The van der Waals surface area contributed by atoms with E-state index in [1.807, 2.05) is 18.2 Å². The molecule has 0 aliphatic carbocycles. The molecule has 154 valence electrons. The fourth-order valence-corrected chi connectivity index (χ4v) is 3.99. The third kappa shape index (κ3) is 5.08. The molecule has 0 unspecified atom stereocenters. The number of hydrogen-bond donors (Lipinski definition) is 2. The molecule has 2 aromatic rings. The number of fused-ring (bicyclic) bond motifs is 1. The number of anilines is 1. The van der Waals surface area contributed by atoms with E-state index in [0.29, 0.717) is 11.7 Å². The Bertz CT molecular complexity index is 884. The summed E-state index contributed by atoms with van der Waals surface area (Å²) in [6, 6.07) is 12.5. The van der Waals surface area contributed by atoms with E-state index in [-0.39, 0.29) is 6.04 Å². The highest BCUT2D eigenvalue weighted by molar-refractivity contribution is 7.80. The Balaban J connectivity index is 1.78. The Morgan fingerprint density at radius 2 is 2.00 bits per heavy atom. The van der Waals surface area contributed by atoms with E-state index in [4.69, 9.17) is 21.7 Å². The molecule has 0 bridgehead atoms. The lowest BCUT2D eigenvalue weighted by Crippen LogP contribution is -2.43. The van der Waals surface area contributed by atoms with Crippen molar-refractivity contribution in [2.45, 2.75) is 19.4 Å². The summed E-state index contributed by atoms with van der Waals surface area (Å²) in [6.07, 6.45) is 2.91. The van der Waals surface area contributed by atoms with Crippen molar-refractivity contribution < 1.29 is 9.47 Å². The van der Waals surface area contributed by atoms with E-state index in [1.165, 1.54) is 16.7 Å². The highest BCUT2D eigenvalue weighted by atomic mass is 32.1. The first-order chi connectivity index (χ1) is 14.0. The first-order valence-electron chi connectivity index (χ1n) is 9.77. The molecule has 3 rings (SSSR count). The van der Waals surface area contributed by atoms with Gasteiger partial charge in [0.1, 0.15) is 0 Å². The molecule has 0 saturated carbocycles. The topological polar surface area (TPSA) is 45.8 Å². The van der Waals surface area contributed by atoms with Crippen molar-refractivity contribution in [3.63, 3.8) is 0 Å². The van der Waals surface area contributed by atoms with Crippen LogP contribution in [-0.2, 0) is 6.42 Å². The Morgan fingerprint density at radius 3 is 2.69 bits per heavy atom. The van der Waals surface area contributed by atoms with Gasteiger partial charge in [-0.15, -0.1) is 6.58 Å². The van der Waals surface area contributed by atoms with Crippen LogP contribution in [0.25, 0.3) is 0 Å². The zero-order chi connectivity index (χ0) is 20.8. The minimum Gasteiger partial charge on any atom is -0.493 e. The average molecular weight is 412 g/mol. The number of nitrogens with one attached hydrogen (secondary N) is 2. The lowest BCUT2D eigenvalue weighted by atomic mass is 9.91. The van der Waals surface area contributed by atoms with Crippen LogP contribution in [-0.4, -0.2) is 43.9 Å². The van der Waals surface area contributed by atoms with Gasteiger partial charge in [0.05, 0.1) is 20.3 Å². The smallest absolute Gasteiger partial charge is 0.170 e. The largest absolute Gasteiger partial charge is 0.493 e. The van der Waals surface area contributed by atoms with Crippen LogP contribution in [0.5, 0.6) is 11.5 Å². The number of methoxy groups -OCH3 is 2. The maximum Gasteiger partial charge on any atom is 0.170 e. The highest BCUT2D eigenvalue weighted by Gasteiger charge is 2.28. The van der Waals surface area contributed by atoms with Crippen LogP contribution in [0.2, 0.25) is 0 Å². The second kappa shape index (κ2) is 9.76. The van der Waals surface area contributed by atoms with Gasteiger partial charge in [-0.3, -0.25) is 4.90 Å². The van der Waals surface area contributed by atoms with E-state index in [1.54, 1.807) is 14.2 Å². The maximum atomic E-state index is 5.54. The molecular weight excluding hydrogens is 382 g/mol. The number of benzene rings is 2. The summed E-state index contributed by atoms with van der Waals surface area (Å²) in [4.78, 5) is 2.41. The Hall–Kier alpha value is -2.57. The summed E-state index contributed by atoms with van der Waals surface area (Å²) in [7, 11) is 3.34. The molecule has 2 N–H and O–H groups in total. The molecule has 29 heavy (non-hydrogen) atoms. The second-order valence-electron chi connectivity index (χ2n) is 7.16. The zero-order valence-electron chi connectivity index (χ0n) is 17.3. The fraction of sp³-hybridized carbons (Fsp3) is 0.348. The van der Waals surface area contributed by atoms with Gasteiger partial charge in [-0.05, 0) is 66.5 Å². The quantitative estimate of drug-likeness (QED) is 0.529. The van der Waals surface area contributed by atoms with Gasteiger partial charge in [0.2, 0.25) is 0 Å². The Morgan fingerprint density at radius 1 is 1.24 bits per heavy atom. The van der Waals surface area contributed by atoms with E-state index >= 15 is 0 Å². The number of nitrogens with zero attached hydrogens (tertiary/aromatic N) is 1. The molecule has 5 nitrogen and oxygen atoms in total. The fourth-order valence-electron chi connectivity index (χ4n) is 3.79. The van der Waals surface area contributed by atoms with Crippen molar-refractivity contribution in [1.29, 1.82) is 0 Å². The lowest BCUT2D eigenvalue weighted by Gasteiger charge is -2.37. The zero-order valence-corrected chi connectivity index (χ0v) is 18.1. The number of thiocarbonyl (C=S) groups is 1. The van der Waals surface area contributed by atoms with Gasteiger partial charge in [-0.2, -0.15) is 0 Å². The van der Waals surface area contributed by atoms with Crippen LogP contribution in [0.3, 0.4) is 0 Å². The van der Waals surface area contributed by atoms with Crippen LogP contribution in [0, 0.1) is 6.92 Å². The first-order valence-corrected chi connectivity index (χ1v) is 10.2. The lowest BCUT2D eigenvalue weighted by molar-refractivity contribution is 0.205. The monoisotopic (exact) mass is 411 g/mol. The van der Waals surface area contributed by atoms with Crippen molar-refractivity contribution in [1.82, 2.24) is 10.2 Å². The molecule has 0 radical (unpaired) electrons. The number of ether oxygens (including phenoxy) is 2. The summed E-state index contributed by atoms with van der Waals surface area (Å²) in [5, 5.41) is 7.27. The van der Waals surface area contributed by atoms with Crippen LogP contribution in [0.4, 0.5) is 5.69 Å². The molecule has 2 aromatic carbocycles. The predicted octanol–water partition coefficient (Wildman–Crippen LogP) is 4.08. The molecule has 0 saturated heterocycles. The van der Waals surface area contributed by atoms with Crippen LogP contribution < -0.4 is 20.1 Å². The van der Waals surface area contributed by atoms with Crippen molar-refractivity contribution >= 4 is 23.0 Å². The predicted molar refractivity (Wildman–Crippen MR) is 123 cm³/mol. The normalized spacial score (nSPS) is 15.9. The van der Waals surface area contributed by atoms with Gasteiger partial charge in [0.15, 0.2) is 16.6 Å². The van der Waals surface area contributed by atoms with Crippen molar-refractivity contribution in [2.75, 3.05) is 39.2 Å². The van der Waals surface area contributed by atoms with Crippen LogP contribution in [0.1, 0.15) is 22.7 Å². The molecule has 0 aromatic heterocycles. The number of aryl methyl sites for hydroxylation is 1. The molecule has 0 amide bonds. The van der Waals surface area contributed by atoms with Gasteiger partial charge >= 0.3 is 0 Å². The Kier molecular flexibility index (Phi) is 7.12. The molecule has 6 heteroatoms. The second-order valence-corrected chi connectivity index (χ2v) is 7.57. The molecule has 1 heterocycles. The summed E-state index contributed by atoms with van der Waals surface area (Å²) < 4.78 is 11.0. The molecule has 1 aliphatic heterocycles. The highest BCUT2D eigenvalue weighted by Crippen LogP contribution is 2.37. The van der Waals surface area contributed by atoms with Crippen LogP contribution >= 0.6 is 12.2 Å². The van der Waals surface area contributed by atoms with Gasteiger partial charge in [-0.1, -0.05) is 18.2 Å². The number of rotatable bonds is 7. The minimum absolute atomic E-state index is 0.161. The standard InChI is InChI=1S/C23H29N3O2S/c1-5-10-26-11-9-17-13-21(27-3)22(28-4)14-19(17)20(26)15-24-23(29)25-18-8-6-7-16(2)12-18/h5-8,12-14,20H,1,9-11,15H2,2-4H3,(H2,24,25,29)/t20-/m0/s1. The summed E-state index contributed by atoms with van der Waals surface area (Å²) >= 11 is 5.53. The van der Waals surface area contributed by atoms with E-state index in [0.717, 1.165) is 36.7 Å². The van der Waals surface area contributed by atoms with Crippen molar-refractivity contribution in [3.8, 4) is 11.5 Å². The minimum atomic E-state index is 0.161. The molecule has 1 aliphatic rings. The molecule has 1 atom stereocenters. The first kappa shape index (κ1) is 21.1. The molecule has 0 spiro atoms. The van der Waals surface area contributed by atoms with Gasteiger partial charge in [0.25, 0.3) is 0 Å². The van der Waals surface area contributed by atoms with E-state index < -0.39 is 0 Å². The van der Waals surface area contributed by atoms with Gasteiger partial charge in [-0.25, -0.2) is 0 Å². The third-order valence-electron chi connectivity index (χ3n) is 5.21. The summed E-state index contributed by atoms with van der Waals surface area (Å²) in [5.74, 6) is 1.52. The van der Waals surface area contributed by atoms with E-state index in [2.05, 4.69) is 53.3 Å². The summed E-state index contributed by atoms with van der Waals surface area (Å²) in [6.45, 7) is 8.45. The number of hydrogen-bond acceptors (Lipinski definition) is 4. The van der Waals surface area contributed by atoms with Gasteiger partial charge < -0.3 is 20.1 Å². The van der Waals surface area contributed by atoms with Crippen molar-refractivity contribution in [3.05, 3.63) is 65.7 Å². The average Bonchev–Trinajstić information content (AvgIpc) is 2.72. The molecular formula is C23H29N3O2S. The SMILES string of the molecule is C=CCN1CCc2cc(OC)c(OC)cc2[C@@H]1CNC(=S)Nc1cccc(C)c1. The van der Waals surface area contributed by atoms with Crippen LogP contribution in [0.15, 0.2) is 49.1 Å². The Labute approximate surface area is 178 Å². The molecule has 0 fully saturated rings.